The van der Waals surface area contributed by atoms with Crippen LogP contribution >= 0.6 is 11.5 Å². The molecular formula is C19H21NNaO7S2+. The maximum Gasteiger partial charge on any atom is 1.00 e. The summed E-state index contributed by atoms with van der Waals surface area (Å²) < 4.78 is 47.3. The van der Waals surface area contributed by atoms with E-state index in [0.717, 1.165) is 27.9 Å². The number of hydrogen-bond donors (Lipinski definition) is 0. The molecule has 3 aromatic rings. The van der Waals surface area contributed by atoms with Crippen LogP contribution in [0.2, 0.25) is 0 Å². The molecule has 1 aromatic heterocycles. The van der Waals surface area contributed by atoms with Crippen molar-refractivity contribution in [3.8, 4) is 45.4 Å². The Bertz CT molecular complexity index is 1070. The second-order valence-electron chi connectivity index (χ2n) is 5.76. The molecular weight excluding hydrogens is 441 g/mol. The average molecular weight is 463 g/mol. The molecule has 8 nitrogen and oxygen atoms in total. The first-order valence-corrected chi connectivity index (χ1v) is 9.95. The van der Waals surface area contributed by atoms with Crippen molar-refractivity contribution < 1.29 is 61.8 Å². The molecule has 0 atom stereocenters. The summed E-state index contributed by atoms with van der Waals surface area (Å²) in [5, 5.41) is 1.89. The topological polar surface area (TPSA) is 117 Å². The van der Waals surface area contributed by atoms with E-state index >= 15 is 0 Å². The molecule has 0 aliphatic carbocycles. The van der Waals surface area contributed by atoms with E-state index in [9.17, 15) is 8.42 Å². The zero-order valence-corrected chi connectivity index (χ0v) is 20.9. The summed E-state index contributed by atoms with van der Waals surface area (Å²) in [4.78, 5) is 0. The van der Waals surface area contributed by atoms with Gasteiger partial charge in [-0.15, -0.1) is 0 Å². The van der Waals surface area contributed by atoms with Gasteiger partial charge in [0, 0.05) is 16.5 Å². The largest absolute Gasteiger partial charge is 1.00 e. The Morgan fingerprint density at radius 3 is 2.17 bits per heavy atom. The van der Waals surface area contributed by atoms with Gasteiger partial charge in [0.05, 0.1) is 27.0 Å². The maximum atomic E-state index is 11.0. The minimum absolute atomic E-state index is 0. The van der Waals surface area contributed by atoms with E-state index in [1.54, 1.807) is 26.4 Å². The van der Waals surface area contributed by atoms with Gasteiger partial charge >= 0.3 is 29.6 Å². The number of methoxy groups -OCH3 is 3. The van der Waals surface area contributed by atoms with Crippen LogP contribution < -0.4 is 48.0 Å². The fourth-order valence-electron chi connectivity index (χ4n) is 2.92. The Morgan fingerprint density at radius 2 is 1.57 bits per heavy atom. The molecule has 156 valence electrons. The monoisotopic (exact) mass is 462 g/mol. The van der Waals surface area contributed by atoms with Gasteiger partial charge < -0.3 is 32.3 Å². The summed E-state index contributed by atoms with van der Waals surface area (Å²) in [6.45, 7) is 1.93. The fraction of sp³-hybridized carbons (Fsp3) is 0.211. The van der Waals surface area contributed by atoms with Gasteiger partial charge in [0.2, 0.25) is 0 Å². The Labute approximate surface area is 202 Å². The smallest absolute Gasteiger partial charge is 0.530 e. The number of aryl methyl sites for hydroxylation is 1. The second-order valence-corrected chi connectivity index (χ2v) is 6.96. The van der Waals surface area contributed by atoms with Crippen LogP contribution in [-0.2, 0) is 24.9 Å². The molecule has 0 aliphatic rings. The third kappa shape index (κ3) is 5.45. The van der Waals surface area contributed by atoms with Crippen molar-refractivity contribution in [2.75, 3.05) is 21.3 Å². The molecule has 30 heavy (non-hydrogen) atoms. The number of ether oxygens (including phenoxy) is 3. The molecule has 0 saturated carbocycles. The minimum atomic E-state index is -2.71. The summed E-state index contributed by atoms with van der Waals surface area (Å²) in [5.41, 5.74) is 4.10. The van der Waals surface area contributed by atoms with Gasteiger partial charge in [-0.25, -0.2) is 0 Å². The number of rotatable bonds is 7. The van der Waals surface area contributed by atoms with E-state index in [2.05, 4.69) is 4.37 Å². The van der Waals surface area contributed by atoms with E-state index in [-0.39, 0.29) is 40.8 Å². The predicted octanol–water partition coefficient (Wildman–Crippen LogP) is 0.497. The Kier molecular flexibility index (Phi) is 10.1. The molecule has 3 N–H and O–H groups in total. The van der Waals surface area contributed by atoms with Crippen LogP contribution in [0.15, 0.2) is 35.7 Å². The van der Waals surface area contributed by atoms with Crippen LogP contribution in [0, 0.1) is 6.92 Å². The van der Waals surface area contributed by atoms with Gasteiger partial charge in [-0.2, -0.15) is 4.37 Å². The third-order valence-corrected chi connectivity index (χ3v) is 5.08. The molecule has 0 fully saturated rings. The molecule has 3 rings (SSSR count). The first-order chi connectivity index (χ1) is 13.5. The van der Waals surface area contributed by atoms with Gasteiger partial charge in [-0.05, 0) is 53.8 Å². The van der Waals surface area contributed by atoms with Gasteiger partial charge in [0.25, 0.3) is 0 Å². The van der Waals surface area contributed by atoms with Crippen molar-refractivity contribution in [1.82, 2.24) is 4.37 Å². The SMILES string of the molecule is COc1ccc(-c2csnc2-c2cc(C)c(OC)c(OC)c2)cc1O[S-](=O)=O.[Na+].[OH3+]. The molecule has 0 bridgehead atoms. The standard InChI is InChI=1S/C19H18NO6S2.Na.H2O/c1-11-7-13(9-17(24-3)19(11)25-4)18-14(10-27-20-18)12-5-6-15(23-2)16(8-12)26-28(21)22;;/h5-10H,1-4H3;;1H2/q-1;+1;/p+1. The second kappa shape index (κ2) is 11.5. The molecule has 0 spiro atoms. The summed E-state index contributed by atoms with van der Waals surface area (Å²) >= 11 is 1.30. The van der Waals surface area contributed by atoms with Gasteiger partial charge in [0.15, 0.2) is 17.2 Å². The summed E-state index contributed by atoms with van der Waals surface area (Å²) in [6, 6.07) is 8.90. The first kappa shape index (κ1) is 26.2. The van der Waals surface area contributed by atoms with Crippen LogP contribution in [-0.4, -0.2) is 25.7 Å². The summed E-state index contributed by atoms with van der Waals surface area (Å²) in [5.74, 6) is 1.70. The van der Waals surface area contributed by atoms with Crippen LogP contribution in [0.5, 0.6) is 23.0 Å². The number of benzene rings is 2. The van der Waals surface area contributed by atoms with Crippen molar-refractivity contribution in [2.24, 2.45) is 0 Å². The number of nitrogens with zero attached hydrogens (tertiary/aromatic N) is 1. The van der Waals surface area contributed by atoms with Crippen LogP contribution in [0.4, 0.5) is 0 Å². The van der Waals surface area contributed by atoms with Gasteiger partial charge in [-0.3, -0.25) is 0 Å². The van der Waals surface area contributed by atoms with E-state index in [4.69, 9.17) is 18.4 Å². The molecule has 0 aliphatic heterocycles. The normalized spacial score (nSPS) is 10.0. The molecule has 0 amide bonds. The number of hydrogen-bond acceptors (Lipinski definition) is 9. The first-order valence-electron chi connectivity index (χ1n) is 8.11. The van der Waals surface area contributed by atoms with Gasteiger partial charge in [0.1, 0.15) is 16.7 Å². The predicted molar refractivity (Wildman–Crippen MR) is 112 cm³/mol. The van der Waals surface area contributed by atoms with Gasteiger partial charge in [-0.1, -0.05) is 6.07 Å². The van der Waals surface area contributed by atoms with E-state index in [1.807, 2.05) is 30.5 Å². The number of aromatic nitrogens is 1. The Morgan fingerprint density at radius 1 is 0.900 bits per heavy atom. The maximum absolute atomic E-state index is 11.0. The zero-order chi connectivity index (χ0) is 20.3. The van der Waals surface area contributed by atoms with Crippen molar-refractivity contribution in [3.05, 3.63) is 41.3 Å². The minimum Gasteiger partial charge on any atom is -0.530 e. The van der Waals surface area contributed by atoms with Crippen molar-refractivity contribution in [3.63, 3.8) is 0 Å². The Balaban J connectivity index is 0.00000225. The van der Waals surface area contributed by atoms with E-state index < -0.39 is 11.0 Å². The fourth-order valence-corrected chi connectivity index (χ4v) is 3.92. The molecule has 1 heterocycles. The zero-order valence-electron chi connectivity index (χ0n) is 17.3. The molecule has 0 saturated heterocycles. The molecule has 2 aromatic carbocycles. The molecule has 0 radical (unpaired) electrons. The van der Waals surface area contributed by atoms with Crippen LogP contribution in [0.3, 0.4) is 0 Å². The van der Waals surface area contributed by atoms with Crippen molar-refractivity contribution >= 4 is 22.5 Å². The molecule has 11 heteroatoms. The van der Waals surface area contributed by atoms with E-state index in [1.165, 1.54) is 18.6 Å². The van der Waals surface area contributed by atoms with E-state index in [0.29, 0.717) is 17.2 Å². The summed E-state index contributed by atoms with van der Waals surface area (Å²) in [7, 11) is 1.91. The average Bonchev–Trinajstić information content (AvgIpc) is 3.16. The van der Waals surface area contributed by atoms with Crippen LogP contribution in [0.1, 0.15) is 5.56 Å². The Hall–Kier alpha value is -1.82. The summed E-state index contributed by atoms with van der Waals surface area (Å²) in [6.07, 6.45) is 0. The molecule has 0 unspecified atom stereocenters. The van der Waals surface area contributed by atoms with Crippen molar-refractivity contribution in [2.45, 2.75) is 6.92 Å². The van der Waals surface area contributed by atoms with Crippen LogP contribution in [0.25, 0.3) is 22.4 Å². The quantitative estimate of drug-likeness (QED) is 0.285. The third-order valence-electron chi connectivity index (χ3n) is 4.14. The van der Waals surface area contributed by atoms with Crippen molar-refractivity contribution in [1.29, 1.82) is 0 Å².